The summed E-state index contributed by atoms with van der Waals surface area (Å²) in [5.74, 6) is -0.0343. The van der Waals surface area contributed by atoms with E-state index in [4.69, 9.17) is 0 Å². The molecule has 1 atom stereocenters. The molecule has 0 aromatic heterocycles. The Morgan fingerprint density at radius 1 is 1.27 bits per heavy atom. The van der Waals surface area contributed by atoms with Crippen molar-refractivity contribution in [3.8, 4) is 0 Å². The van der Waals surface area contributed by atoms with E-state index in [-0.39, 0.29) is 35.7 Å². The van der Waals surface area contributed by atoms with E-state index >= 15 is 0 Å². The van der Waals surface area contributed by atoms with Crippen LogP contribution >= 0.6 is 0 Å². The predicted octanol–water partition coefficient (Wildman–Crippen LogP) is -0.635. The minimum absolute atomic E-state index is 0.0443. The third-order valence-electron chi connectivity index (χ3n) is 2.95. The standard InChI is InChI=1S/C9H13NO4S/c11-8-1-3-10(9(12)5-8)7-2-4-15(13,14)6-7/h7H,1-6H2. The van der Waals surface area contributed by atoms with Gasteiger partial charge >= 0.3 is 0 Å². The van der Waals surface area contributed by atoms with Crippen molar-refractivity contribution in [1.29, 1.82) is 0 Å². The van der Waals surface area contributed by atoms with E-state index in [0.29, 0.717) is 19.4 Å². The van der Waals surface area contributed by atoms with Gasteiger partial charge in [0.25, 0.3) is 0 Å². The molecule has 2 saturated heterocycles. The number of Topliss-reactive ketones (excluding diaryl/α,β-unsaturated/α-hetero) is 1. The summed E-state index contributed by atoms with van der Waals surface area (Å²) >= 11 is 0. The zero-order valence-electron chi connectivity index (χ0n) is 8.31. The molecule has 0 radical (unpaired) electrons. The fourth-order valence-electron chi connectivity index (χ4n) is 2.14. The first-order chi connectivity index (χ1) is 6.98. The first-order valence-electron chi connectivity index (χ1n) is 4.99. The highest BCUT2D eigenvalue weighted by Crippen LogP contribution is 2.21. The van der Waals surface area contributed by atoms with Crippen LogP contribution in [0, 0.1) is 0 Å². The second-order valence-electron chi connectivity index (χ2n) is 4.11. The Morgan fingerprint density at radius 3 is 2.53 bits per heavy atom. The highest BCUT2D eigenvalue weighted by Gasteiger charge is 2.36. The van der Waals surface area contributed by atoms with Gasteiger partial charge < -0.3 is 4.90 Å². The molecule has 2 aliphatic rings. The molecule has 0 bridgehead atoms. The van der Waals surface area contributed by atoms with Gasteiger partial charge in [-0.2, -0.15) is 0 Å². The molecule has 0 N–H and O–H groups in total. The maximum absolute atomic E-state index is 11.5. The normalized spacial score (nSPS) is 30.9. The Morgan fingerprint density at radius 2 is 2.00 bits per heavy atom. The first kappa shape index (κ1) is 10.6. The van der Waals surface area contributed by atoms with E-state index < -0.39 is 9.84 Å². The molecule has 2 aliphatic heterocycles. The van der Waals surface area contributed by atoms with Crippen molar-refractivity contribution in [2.45, 2.75) is 25.3 Å². The fraction of sp³-hybridized carbons (Fsp3) is 0.778. The van der Waals surface area contributed by atoms with E-state index in [0.717, 1.165) is 0 Å². The lowest BCUT2D eigenvalue weighted by Crippen LogP contribution is -2.46. The molecule has 6 heteroatoms. The van der Waals surface area contributed by atoms with Crippen molar-refractivity contribution < 1.29 is 18.0 Å². The van der Waals surface area contributed by atoms with Gasteiger partial charge in [0.15, 0.2) is 9.84 Å². The van der Waals surface area contributed by atoms with Gasteiger partial charge in [-0.15, -0.1) is 0 Å². The van der Waals surface area contributed by atoms with Crippen molar-refractivity contribution in [2.24, 2.45) is 0 Å². The molecule has 0 aromatic carbocycles. The molecule has 1 unspecified atom stereocenters. The molecule has 0 saturated carbocycles. The Labute approximate surface area is 88.4 Å². The largest absolute Gasteiger partial charge is 0.338 e. The van der Waals surface area contributed by atoms with E-state index in [1.807, 2.05) is 0 Å². The summed E-state index contributed by atoms with van der Waals surface area (Å²) < 4.78 is 22.5. The topological polar surface area (TPSA) is 71.5 Å². The molecule has 15 heavy (non-hydrogen) atoms. The lowest BCUT2D eigenvalue weighted by Gasteiger charge is -2.30. The Balaban J connectivity index is 2.06. The average molecular weight is 231 g/mol. The Hall–Kier alpha value is -0.910. The minimum Gasteiger partial charge on any atom is -0.338 e. The zero-order valence-corrected chi connectivity index (χ0v) is 9.12. The number of carbonyl (C=O) groups is 2. The summed E-state index contributed by atoms with van der Waals surface area (Å²) in [4.78, 5) is 24.1. The van der Waals surface area contributed by atoms with Gasteiger partial charge in [0.1, 0.15) is 5.78 Å². The number of nitrogens with zero attached hydrogens (tertiary/aromatic N) is 1. The lowest BCUT2D eigenvalue weighted by atomic mass is 10.1. The summed E-state index contributed by atoms with van der Waals surface area (Å²) in [7, 11) is -2.96. The van der Waals surface area contributed by atoms with Crippen molar-refractivity contribution in [3.05, 3.63) is 0 Å². The molecular weight excluding hydrogens is 218 g/mol. The van der Waals surface area contributed by atoms with Crippen molar-refractivity contribution in [3.63, 3.8) is 0 Å². The minimum atomic E-state index is -2.96. The van der Waals surface area contributed by atoms with Gasteiger partial charge in [0.05, 0.1) is 17.9 Å². The summed E-state index contributed by atoms with van der Waals surface area (Å²) in [6.07, 6.45) is 0.821. The number of amides is 1. The third-order valence-corrected chi connectivity index (χ3v) is 4.70. The smallest absolute Gasteiger partial charge is 0.230 e. The maximum Gasteiger partial charge on any atom is 0.230 e. The van der Waals surface area contributed by atoms with Gasteiger partial charge in [-0.05, 0) is 6.42 Å². The fourth-order valence-corrected chi connectivity index (χ4v) is 3.87. The van der Waals surface area contributed by atoms with Crippen LogP contribution < -0.4 is 0 Å². The summed E-state index contributed by atoms with van der Waals surface area (Å²) in [6.45, 7) is 0.387. The molecular formula is C9H13NO4S. The van der Waals surface area contributed by atoms with E-state index in [1.165, 1.54) is 0 Å². The zero-order chi connectivity index (χ0) is 11.1. The quantitative estimate of drug-likeness (QED) is 0.563. The average Bonchev–Trinajstić information content (AvgIpc) is 2.46. The van der Waals surface area contributed by atoms with Crippen molar-refractivity contribution >= 4 is 21.5 Å². The molecule has 0 aromatic rings. The monoisotopic (exact) mass is 231 g/mol. The maximum atomic E-state index is 11.5. The Kier molecular flexibility index (Phi) is 2.54. The van der Waals surface area contributed by atoms with Crippen LogP contribution in [0.4, 0.5) is 0 Å². The number of ketones is 1. The van der Waals surface area contributed by atoms with Gasteiger partial charge in [0, 0.05) is 19.0 Å². The second kappa shape index (κ2) is 3.59. The second-order valence-corrected chi connectivity index (χ2v) is 6.34. The highest BCUT2D eigenvalue weighted by molar-refractivity contribution is 7.91. The van der Waals surface area contributed by atoms with Gasteiger partial charge in [-0.1, -0.05) is 0 Å². The van der Waals surface area contributed by atoms with E-state index in [9.17, 15) is 18.0 Å². The number of hydrogen-bond donors (Lipinski definition) is 0. The first-order valence-corrected chi connectivity index (χ1v) is 6.82. The summed E-state index contributed by atoms with van der Waals surface area (Å²) in [6, 6.07) is -0.199. The molecule has 2 fully saturated rings. The van der Waals surface area contributed by atoms with E-state index in [1.54, 1.807) is 4.90 Å². The number of hydrogen-bond acceptors (Lipinski definition) is 4. The lowest BCUT2D eigenvalue weighted by molar-refractivity contribution is -0.141. The number of piperidine rings is 1. The van der Waals surface area contributed by atoms with E-state index in [2.05, 4.69) is 0 Å². The van der Waals surface area contributed by atoms with Crippen LogP contribution in [0.25, 0.3) is 0 Å². The SMILES string of the molecule is O=C1CCN(C2CCS(=O)(=O)C2)C(=O)C1. The van der Waals surface area contributed by atoms with Crippen molar-refractivity contribution in [2.75, 3.05) is 18.1 Å². The van der Waals surface area contributed by atoms with Crippen LogP contribution in [0.3, 0.4) is 0 Å². The van der Waals surface area contributed by atoms with Crippen LogP contribution in [-0.2, 0) is 19.4 Å². The molecule has 2 rings (SSSR count). The number of likely N-dealkylation sites (tertiary alicyclic amines) is 1. The van der Waals surface area contributed by atoms with Crippen LogP contribution in [-0.4, -0.2) is 49.1 Å². The van der Waals surface area contributed by atoms with Crippen molar-refractivity contribution in [1.82, 2.24) is 4.90 Å². The van der Waals surface area contributed by atoms with Crippen LogP contribution in [0.1, 0.15) is 19.3 Å². The van der Waals surface area contributed by atoms with Gasteiger partial charge in [-0.3, -0.25) is 9.59 Å². The molecule has 0 aliphatic carbocycles. The summed E-state index contributed by atoms with van der Waals surface area (Å²) in [5, 5.41) is 0. The summed E-state index contributed by atoms with van der Waals surface area (Å²) in [5.41, 5.74) is 0. The van der Waals surface area contributed by atoms with Gasteiger partial charge in [-0.25, -0.2) is 8.42 Å². The van der Waals surface area contributed by atoms with Crippen LogP contribution in [0.2, 0.25) is 0 Å². The molecule has 5 nitrogen and oxygen atoms in total. The van der Waals surface area contributed by atoms with Crippen LogP contribution in [0.5, 0.6) is 0 Å². The highest BCUT2D eigenvalue weighted by atomic mass is 32.2. The molecule has 0 spiro atoms. The number of rotatable bonds is 1. The van der Waals surface area contributed by atoms with Gasteiger partial charge in [0.2, 0.25) is 5.91 Å². The Bertz CT molecular complexity index is 400. The molecule has 84 valence electrons. The number of sulfone groups is 1. The van der Waals surface area contributed by atoms with Crippen LogP contribution in [0.15, 0.2) is 0 Å². The molecule has 1 amide bonds. The molecule has 2 heterocycles. The predicted molar refractivity (Wildman–Crippen MR) is 53.0 cm³/mol. The third kappa shape index (κ3) is 2.19. The number of carbonyl (C=O) groups excluding carboxylic acids is 2.